The Bertz CT molecular complexity index is 412. The third-order valence-electron chi connectivity index (χ3n) is 2.13. The number of hydrogen-bond donors (Lipinski definition) is 3. The molecule has 0 radical (unpaired) electrons. The molecule has 1 aromatic rings. The fraction of sp³-hybridized carbons (Fsp3) is 0.444. The van der Waals surface area contributed by atoms with Crippen molar-refractivity contribution in [3.63, 3.8) is 0 Å². The van der Waals surface area contributed by atoms with Gasteiger partial charge in [-0.1, -0.05) is 0 Å². The molecule has 1 aromatic heterocycles. The summed E-state index contributed by atoms with van der Waals surface area (Å²) in [7, 11) is 0. The fourth-order valence-electron chi connectivity index (χ4n) is 1.41. The lowest BCUT2D eigenvalue weighted by atomic mass is 10.3. The van der Waals surface area contributed by atoms with Gasteiger partial charge in [-0.25, -0.2) is 4.79 Å². The van der Waals surface area contributed by atoms with Crippen molar-refractivity contribution < 1.29 is 29.6 Å². The maximum Gasteiger partial charge on any atom is 0.349 e. The van der Waals surface area contributed by atoms with Crippen LogP contribution < -0.4 is 9.47 Å². The van der Waals surface area contributed by atoms with Crippen LogP contribution in [0, 0.1) is 0 Å². The van der Waals surface area contributed by atoms with Crippen molar-refractivity contribution in [2.24, 2.45) is 0 Å². The highest BCUT2D eigenvalue weighted by molar-refractivity contribution is 7.14. The summed E-state index contributed by atoms with van der Waals surface area (Å²) in [6, 6.07) is 0. The number of carboxylic acid groups (broad SMARTS) is 1. The molecule has 1 atom stereocenters. The molecule has 1 aliphatic heterocycles. The molecule has 2 heterocycles. The number of aliphatic hydroxyl groups is 2. The zero-order valence-electron chi connectivity index (χ0n) is 8.17. The van der Waals surface area contributed by atoms with Crippen molar-refractivity contribution >= 4 is 17.3 Å². The van der Waals surface area contributed by atoms with Gasteiger partial charge in [0.05, 0.1) is 18.1 Å². The lowest BCUT2D eigenvalue weighted by molar-refractivity contribution is 0.0429. The van der Waals surface area contributed by atoms with E-state index >= 15 is 0 Å². The van der Waals surface area contributed by atoms with Gasteiger partial charge >= 0.3 is 5.97 Å². The second-order valence-electron chi connectivity index (χ2n) is 3.21. The maximum absolute atomic E-state index is 10.9. The Labute approximate surface area is 94.7 Å². The molecule has 0 aliphatic carbocycles. The number of thiophene rings is 1. The summed E-state index contributed by atoms with van der Waals surface area (Å²) in [5.74, 6) is -0.742. The molecule has 0 saturated heterocycles. The number of fused-ring (bicyclic) bond motifs is 1. The molecule has 2 rings (SSSR count). The first kappa shape index (κ1) is 11.2. The predicted octanol–water partition coefficient (Wildman–Crippen LogP) is 0.0707. The quantitative estimate of drug-likeness (QED) is 0.698. The largest absolute Gasteiger partial charge is 0.484 e. The summed E-state index contributed by atoms with van der Waals surface area (Å²) in [4.78, 5) is 11.3. The van der Waals surface area contributed by atoms with Gasteiger partial charge in [-0.05, 0) is 0 Å². The number of rotatable bonds is 3. The SMILES string of the molecule is O=C(O)c1sc(CO)c2c1OCC(CO)O2. The van der Waals surface area contributed by atoms with Crippen molar-refractivity contribution in [2.75, 3.05) is 13.2 Å². The van der Waals surface area contributed by atoms with Crippen LogP contribution >= 0.6 is 11.3 Å². The van der Waals surface area contributed by atoms with Gasteiger partial charge in [-0.3, -0.25) is 0 Å². The smallest absolute Gasteiger partial charge is 0.349 e. The van der Waals surface area contributed by atoms with Crippen molar-refractivity contribution in [1.82, 2.24) is 0 Å². The highest BCUT2D eigenvalue weighted by Gasteiger charge is 2.31. The van der Waals surface area contributed by atoms with Crippen LogP contribution in [-0.2, 0) is 6.61 Å². The van der Waals surface area contributed by atoms with E-state index < -0.39 is 12.1 Å². The van der Waals surface area contributed by atoms with E-state index in [2.05, 4.69) is 0 Å². The highest BCUT2D eigenvalue weighted by Crippen LogP contribution is 2.44. The minimum Gasteiger partial charge on any atom is -0.484 e. The molecular weight excluding hydrogens is 236 g/mol. The van der Waals surface area contributed by atoms with E-state index in [0.29, 0.717) is 4.88 Å². The average molecular weight is 246 g/mol. The van der Waals surface area contributed by atoms with Gasteiger partial charge in [0.15, 0.2) is 22.5 Å². The van der Waals surface area contributed by atoms with E-state index in [1.807, 2.05) is 0 Å². The Morgan fingerprint density at radius 1 is 1.44 bits per heavy atom. The van der Waals surface area contributed by atoms with E-state index in [9.17, 15) is 4.79 Å². The van der Waals surface area contributed by atoms with Gasteiger partial charge in [0.1, 0.15) is 6.61 Å². The molecule has 0 aromatic carbocycles. The normalized spacial score (nSPS) is 18.5. The molecule has 0 amide bonds. The van der Waals surface area contributed by atoms with Gasteiger partial charge in [0.2, 0.25) is 0 Å². The summed E-state index contributed by atoms with van der Waals surface area (Å²) in [5.41, 5.74) is 0. The standard InChI is InChI=1S/C9H10O6S/c10-1-4-3-14-7-6(15-4)5(2-11)16-8(7)9(12)13/h4,10-11H,1-3H2,(H,12,13). The molecule has 0 spiro atoms. The zero-order chi connectivity index (χ0) is 11.7. The van der Waals surface area contributed by atoms with Gasteiger partial charge in [-0.2, -0.15) is 0 Å². The van der Waals surface area contributed by atoms with Crippen LogP contribution in [-0.4, -0.2) is 40.6 Å². The lowest BCUT2D eigenvalue weighted by Gasteiger charge is -2.23. The summed E-state index contributed by atoms with van der Waals surface area (Å²) >= 11 is 0.915. The minimum atomic E-state index is -1.12. The highest BCUT2D eigenvalue weighted by atomic mass is 32.1. The average Bonchev–Trinajstić information content (AvgIpc) is 2.66. The van der Waals surface area contributed by atoms with Crippen LogP contribution in [0.1, 0.15) is 14.5 Å². The molecular formula is C9H10O6S. The van der Waals surface area contributed by atoms with Crippen molar-refractivity contribution in [2.45, 2.75) is 12.7 Å². The Kier molecular flexibility index (Phi) is 2.99. The maximum atomic E-state index is 10.9. The van der Waals surface area contributed by atoms with Crippen LogP contribution in [0.5, 0.6) is 11.5 Å². The van der Waals surface area contributed by atoms with E-state index in [1.54, 1.807) is 0 Å². The van der Waals surface area contributed by atoms with Crippen molar-refractivity contribution in [3.05, 3.63) is 9.75 Å². The number of carboxylic acids is 1. The number of hydrogen-bond acceptors (Lipinski definition) is 6. The van der Waals surface area contributed by atoms with Gasteiger partial charge < -0.3 is 24.8 Å². The molecule has 0 saturated carbocycles. The number of ether oxygens (including phenoxy) is 2. The molecule has 0 fully saturated rings. The van der Waals surface area contributed by atoms with E-state index in [1.165, 1.54) is 0 Å². The summed E-state index contributed by atoms with van der Waals surface area (Å²) in [5, 5.41) is 26.9. The summed E-state index contributed by atoms with van der Waals surface area (Å²) < 4.78 is 10.6. The predicted molar refractivity (Wildman–Crippen MR) is 54.2 cm³/mol. The topological polar surface area (TPSA) is 96.2 Å². The molecule has 0 bridgehead atoms. The van der Waals surface area contributed by atoms with Gasteiger partial charge in [0, 0.05) is 0 Å². The van der Waals surface area contributed by atoms with Crippen molar-refractivity contribution in [1.29, 1.82) is 0 Å². The van der Waals surface area contributed by atoms with E-state index in [-0.39, 0.29) is 36.2 Å². The van der Waals surface area contributed by atoms with Gasteiger partial charge in [-0.15, -0.1) is 11.3 Å². The number of carbonyl (C=O) groups is 1. The molecule has 88 valence electrons. The Morgan fingerprint density at radius 2 is 2.19 bits per heavy atom. The monoisotopic (exact) mass is 246 g/mol. The van der Waals surface area contributed by atoms with Crippen LogP contribution in [0.4, 0.5) is 0 Å². The fourth-order valence-corrected chi connectivity index (χ4v) is 2.28. The number of aromatic carboxylic acids is 1. The third-order valence-corrected chi connectivity index (χ3v) is 3.26. The second kappa shape index (κ2) is 4.28. The zero-order valence-corrected chi connectivity index (χ0v) is 8.99. The van der Waals surface area contributed by atoms with E-state index in [4.69, 9.17) is 24.8 Å². The third kappa shape index (κ3) is 1.73. The molecule has 16 heavy (non-hydrogen) atoms. The molecule has 1 unspecified atom stereocenters. The Morgan fingerprint density at radius 3 is 2.75 bits per heavy atom. The number of aliphatic hydroxyl groups excluding tert-OH is 2. The molecule has 1 aliphatic rings. The van der Waals surface area contributed by atoms with Crippen LogP contribution in [0.2, 0.25) is 0 Å². The molecule has 6 nitrogen and oxygen atoms in total. The second-order valence-corrected chi connectivity index (χ2v) is 4.31. The first-order valence-electron chi connectivity index (χ1n) is 4.57. The minimum absolute atomic E-state index is 0.00967. The van der Waals surface area contributed by atoms with Crippen LogP contribution in [0.3, 0.4) is 0 Å². The lowest BCUT2D eigenvalue weighted by Crippen LogP contribution is -2.32. The molecule has 7 heteroatoms. The van der Waals surface area contributed by atoms with Crippen molar-refractivity contribution in [3.8, 4) is 11.5 Å². The van der Waals surface area contributed by atoms with Crippen LogP contribution in [0.25, 0.3) is 0 Å². The first-order chi connectivity index (χ1) is 7.67. The first-order valence-corrected chi connectivity index (χ1v) is 5.39. The summed E-state index contributed by atoms with van der Waals surface area (Å²) in [6.45, 7) is -0.435. The Hall–Kier alpha value is -1.31. The molecule has 3 N–H and O–H groups in total. The Balaban J connectivity index is 2.42. The van der Waals surface area contributed by atoms with E-state index in [0.717, 1.165) is 11.3 Å². The van der Waals surface area contributed by atoms with Gasteiger partial charge in [0.25, 0.3) is 0 Å². The summed E-state index contributed by atoms with van der Waals surface area (Å²) in [6.07, 6.45) is -0.519. The van der Waals surface area contributed by atoms with Crippen LogP contribution in [0.15, 0.2) is 0 Å².